The summed E-state index contributed by atoms with van der Waals surface area (Å²) in [5, 5.41) is 10.4. The molecule has 0 atom stereocenters. The summed E-state index contributed by atoms with van der Waals surface area (Å²) < 4.78 is 15.9. The van der Waals surface area contributed by atoms with Crippen molar-refractivity contribution in [3.05, 3.63) is 54.9 Å². The number of fused-ring (bicyclic) bond motifs is 2. The third kappa shape index (κ3) is 3.68. The second kappa shape index (κ2) is 7.10. The van der Waals surface area contributed by atoms with Crippen LogP contribution in [0.1, 0.15) is 13.8 Å². The summed E-state index contributed by atoms with van der Waals surface area (Å²) in [5.41, 5.74) is 9.43. The molecule has 0 aliphatic heterocycles. The van der Waals surface area contributed by atoms with Gasteiger partial charge in [0.25, 0.3) is 0 Å². The van der Waals surface area contributed by atoms with Crippen molar-refractivity contribution in [2.75, 3.05) is 5.32 Å². The van der Waals surface area contributed by atoms with E-state index in [1.807, 2.05) is 38.1 Å². The molecule has 0 fully saturated rings. The molecule has 0 amide bonds. The predicted molar refractivity (Wildman–Crippen MR) is 116 cm³/mol. The van der Waals surface area contributed by atoms with Crippen molar-refractivity contribution < 1.29 is 4.39 Å². The SMILES string of the molecule is CC(C)(N)Cn1cc(F)c2ncc(Nc3cc(-c4ccnc5cccnc45)[nH]n3)nc21. The maximum absolute atomic E-state index is 14.2. The molecule has 5 aromatic heterocycles. The fourth-order valence-corrected chi connectivity index (χ4v) is 3.48. The molecule has 10 heteroatoms. The number of nitrogens with one attached hydrogen (secondary N) is 2. The van der Waals surface area contributed by atoms with Crippen LogP contribution in [0.15, 0.2) is 49.1 Å². The third-order valence-electron chi connectivity index (χ3n) is 4.72. The van der Waals surface area contributed by atoms with Crippen LogP contribution in [0, 0.1) is 5.82 Å². The summed E-state index contributed by atoms with van der Waals surface area (Å²) >= 11 is 0. The fraction of sp³-hybridized carbons (Fsp3) is 0.190. The number of aromatic amines is 1. The standard InChI is InChI=1S/C21H20FN9/c1-21(2,23)11-31-10-13(22)19-20(31)28-17(9-26-19)27-16-8-15(29-30-16)12-5-7-24-14-4-3-6-25-18(12)14/h3-10H,11,23H2,1-2H3,(H2,27,28,29,30). The molecule has 0 aromatic carbocycles. The van der Waals surface area contributed by atoms with Gasteiger partial charge < -0.3 is 15.6 Å². The van der Waals surface area contributed by atoms with Crippen LogP contribution in [-0.2, 0) is 6.54 Å². The van der Waals surface area contributed by atoms with Crippen molar-refractivity contribution in [2.45, 2.75) is 25.9 Å². The Balaban J connectivity index is 1.47. The molecule has 0 bridgehead atoms. The topological polar surface area (TPSA) is 123 Å². The molecule has 0 aliphatic rings. The van der Waals surface area contributed by atoms with Gasteiger partial charge in [0.15, 0.2) is 23.1 Å². The molecule has 5 heterocycles. The maximum Gasteiger partial charge on any atom is 0.168 e. The summed E-state index contributed by atoms with van der Waals surface area (Å²) in [6.07, 6.45) is 6.30. The summed E-state index contributed by atoms with van der Waals surface area (Å²) in [6.45, 7) is 4.14. The highest BCUT2D eigenvalue weighted by molar-refractivity contribution is 5.90. The zero-order valence-corrected chi connectivity index (χ0v) is 17.0. The summed E-state index contributed by atoms with van der Waals surface area (Å²) in [4.78, 5) is 17.5. The Kier molecular flexibility index (Phi) is 4.36. The van der Waals surface area contributed by atoms with Gasteiger partial charge in [-0.1, -0.05) is 0 Å². The Hall–Kier alpha value is -3.92. The van der Waals surface area contributed by atoms with Gasteiger partial charge in [-0.25, -0.2) is 14.4 Å². The van der Waals surface area contributed by atoms with Crippen molar-refractivity contribution >= 4 is 33.8 Å². The minimum absolute atomic E-state index is 0.201. The first kappa shape index (κ1) is 19.1. The van der Waals surface area contributed by atoms with Crippen molar-refractivity contribution in [3.63, 3.8) is 0 Å². The zero-order valence-electron chi connectivity index (χ0n) is 17.0. The van der Waals surface area contributed by atoms with Crippen LogP contribution in [0.5, 0.6) is 0 Å². The first-order chi connectivity index (χ1) is 14.9. The van der Waals surface area contributed by atoms with Gasteiger partial charge in [0.2, 0.25) is 0 Å². The third-order valence-corrected chi connectivity index (χ3v) is 4.72. The predicted octanol–water partition coefficient (Wildman–Crippen LogP) is 3.38. The molecule has 0 spiro atoms. The van der Waals surface area contributed by atoms with E-state index in [9.17, 15) is 4.39 Å². The van der Waals surface area contributed by atoms with Crippen molar-refractivity contribution in [1.82, 2.24) is 34.7 Å². The van der Waals surface area contributed by atoms with Gasteiger partial charge in [-0.15, -0.1) is 0 Å². The summed E-state index contributed by atoms with van der Waals surface area (Å²) in [5.74, 6) is 0.553. The van der Waals surface area contributed by atoms with E-state index in [1.165, 1.54) is 12.4 Å². The van der Waals surface area contributed by atoms with Gasteiger partial charge in [-0.05, 0) is 32.0 Å². The Morgan fingerprint density at radius 2 is 2.00 bits per heavy atom. The first-order valence-corrected chi connectivity index (χ1v) is 9.70. The fourth-order valence-electron chi connectivity index (χ4n) is 3.48. The minimum Gasteiger partial charge on any atom is -0.326 e. The highest BCUT2D eigenvalue weighted by Gasteiger charge is 2.18. The lowest BCUT2D eigenvalue weighted by Crippen LogP contribution is -2.36. The van der Waals surface area contributed by atoms with E-state index in [-0.39, 0.29) is 5.52 Å². The highest BCUT2D eigenvalue weighted by atomic mass is 19.1. The second-order valence-corrected chi connectivity index (χ2v) is 8.04. The van der Waals surface area contributed by atoms with Gasteiger partial charge in [-0.3, -0.25) is 15.1 Å². The average Bonchev–Trinajstić information content (AvgIpc) is 3.31. The maximum atomic E-state index is 14.2. The Morgan fingerprint density at radius 3 is 2.84 bits per heavy atom. The van der Waals surface area contributed by atoms with Crippen LogP contribution in [0.4, 0.5) is 16.0 Å². The van der Waals surface area contributed by atoms with E-state index in [2.05, 4.69) is 35.5 Å². The number of anilines is 2. The van der Waals surface area contributed by atoms with Crippen molar-refractivity contribution in [2.24, 2.45) is 5.73 Å². The number of nitrogens with two attached hydrogens (primary N) is 1. The zero-order chi connectivity index (χ0) is 21.6. The van der Waals surface area contributed by atoms with Crippen LogP contribution in [0.25, 0.3) is 33.5 Å². The van der Waals surface area contributed by atoms with E-state index in [0.717, 1.165) is 22.3 Å². The molecule has 4 N–H and O–H groups in total. The molecular formula is C21H20FN9. The van der Waals surface area contributed by atoms with Gasteiger partial charge in [0.1, 0.15) is 5.52 Å². The molecule has 0 aliphatic carbocycles. The van der Waals surface area contributed by atoms with Gasteiger partial charge in [-0.2, -0.15) is 5.10 Å². The van der Waals surface area contributed by atoms with Crippen LogP contribution in [-0.4, -0.2) is 40.2 Å². The van der Waals surface area contributed by atoms with Gasteiger partial charge in [0.05, 0.1) is 22.9 Å². The molecular weight excluding hydrogens is 397 g/mol. The van der Waals surface area contributed by atoms with Crippen LogP contribution >= 0.6 is 0 Å². The molecule has 5 aromatic rings. The normalized spacial score (nSPS) is 12.0. The molecule has 0 saturated heterocycles. The number of nitrogens with zero attached hydrogens (tertiary/aromatic N) is 6. The number of aromatic nitrogens is 7. The Labute approximate surface area is 176 Å². The molecule has 156 valence electrons. The van der Waals surface area contributed by atoms with Gasteiger partial charge >= 0.3 is 0 Å². The van der Waals surface area contributed by atoms with Gasteiger partial charge in [0, 0.05) is 42.3 Å². The second-order valence-electron chi connectivity index (χ2n) is 8.04. The highest BCUT2D eigenvalue weighted by Crippen LogP contribution is 2.27. The molecule has 0 radical (unpaired) electrons. The number of rotatable bonds is 5. The number of hydrogen-bond acceptors (Lipinski definition) is 7. The smallest absolute Gasteiger partial charge is 0.168 e. The van der Waals surface area contributed by atoms with E-state index in [1.54, 1.807) is 17.0 Å². The number of hydrogen-bond donors (Lipinski definition) is 3. The lowest BCUT2D eigenvalue weighted by atomic mass is 10.1. The van der Waals surface area contributed by atoms with E-state index in [0.29, 0.717) is 23.8 Å². The van der Waals surface area contributed by atoms with Crippen molar-refractivity contribution in [1.29, 1.82) is 0 Å². The Morgan fingerprint density at radius 1 is 1.13 bits per heavy atom. The van der Waals surface area contributed by atoms with E-state index >= 15 is 0 Å². The average molecular weight is 417 g/mol. The minimum atomic E-state index is -0.526. The molecule has 0 unspecified atom stereocenters. The largest absolute Gasteiger partial charge is 0.326 e. The molecule has 31 heavy (non-hydrogen) atoms. The van der Waals surface area contributed by atoms with E-state index < -0.39 is 11.4 Å². The molecule has 0 saturated carbocycles. The lowest BCUT2D eigenvalue weighted by molar-refractivity contribution is 0.437. The first-order valence-electron chi connectivity index (χ1n) is 9.70. The quantitative estimate of drug-likeness (QED) is 0.400. The van der Waals surface area contributed by atoms with Crippen LogP contribution in [0.3, 0.4) is 0 Å². The number of pyridine rings is 2. The van der Waals surface area contributed by atoms with Crippen molar-refractivity contribution in [3.8, 4) is 11.3 Å². The van der Waals surface area contributed by atoms with Crippen LogP contribution in [0.2, 0.25) is 0 Å². The van der Waals surface area contributed by atoms with Crippen LogP contribution < -0.4 is 11.1 Å². The lowest BCUT2D eigenvalue weighted by Gasteiger charge is -2.19. The molecule has 5 rings (SSSR count). The van der Waals surface area contributed by atoms with E-state index in [4.69, 9.17) is 5.73 Å². The number of halogens is 1. The molecule has 9 nitrogen and oxygen atoms in total. The monoisotopic (exact) mass is 417 g/mol. The summed E-state index contributed by atoms with van der Waals surface area (Å²) in [6, 6.07) is 7.47. The summed E-state index contributed by atoms with van der Waals surface area (Å²) in [7, 11) is 0. The number of H-pyrrole nitrogens is 1. The Bertz CT molecular complexity index is 1390.